The Labute approximate surface area is 260 Å². The number of phenols is 1. The third-order valence-electron chi connectivity index (χ3n) is 8.44. The molecule has 4 rings (SSSR count). The number of hydrogen-bond donors (Lipinski definition) is 5. The highest BCUT2D eigenvalue weighted by Crippen LogP contribution is 2.41. The van der Waals surface area contributed by atoms with Crippen LogP contribution in [0.5, 0.6) is 5.75 Å². The summed E-state index contributed by atoms with van der Waals surface area (Å²) in [5.41, 5.74) is 0.207. The Morgan fingerprint density at radius 3 is 2.56 bits per heavy atom. The number of carboxylic acids is 1. The molecule has 3 aliphatic heterocycles. The van der Waals surface area contributed by atoms with Gasteiger partial charge >= 0.3 is 5.97 Å². The van der Waals surface area contributed by atoms with E-state index >= 15 is 0 Å². The van der Waals surface area contributed by atoms with Crippen molar-refractivity contribution in [3.63, 3.8) is 0 Å². The molecule has 5 N–H and O–H groups in total. The Morgan fingerprint density at radius 1 is 1.16 bits per heavy atom. The van der Waals surface area contributed by atoms with Crippen LogP contribution in [0.4, 0.5) is 0 Å². The van der Waals surface area contributed by atoms with Crippen molar-refractivity contribution in [3.05, 3.63) is 29.8 Å². The van der Waals surface area contributed by atoms with Gasteiger partial charge in [-0.25, -0.2) is 4.79 Å². The number of nitrogens with one attached hydrogen (secondary N) is 3. The van der Waals surface area contributed by atoms with Gasteiger partial charge in [0.2, 0.25) is 17.7 Å². The number of aromatic hydroxyl groups is 1. The van der Waals surface area contributed by atoms with Gasteiger partial charge in [0, 0.05) is 30.2 Å². The average Bonchev–Trinajstić information content (AvgIpc) is 3.61. The van der Waals surface area contributed by atoms with Crippen LogP contribution in [0, 0.1) is 5.41 Å². The Morgan fingerprint density at radius 2 is 1.91 bits per heavy atom. The van der Waals surface area contributed by atoms with Crippen molar-refractivity contribution >= 4 is 53.5 Å². The lowest BCUT2D eigenvalue weighted by Crippen LogP contribution is -2.55. The van der Waals surface area contributed by atoms with Gasteiger partial charge in [-0.1, -0.05) is 26.0 Å². The molecule has 1 aromatic rings. The summed E-state index contributed by atoms with van der Waals surface area (Å²) < 4.78 is -0.800. The number of nitrogens with zero attached hydrogens (tertiary/aromatic N) is 1. The first kappa shape index (κ1) is 33.1. The maximum atomic E-state index is 14.0. The van der Waals surface area contributed by atoms with Crippen LogP contribution in [0.3, 0.4) is 0 Å². The molecule has 1 spiro atoms. The zero-order chi connectivity index (χ0) is 31.2. The molecule has 0 bridgehead atoms. The summed E-state index contributed by atoms with van der Waals surface area (Å²) in [4.78, 5) is 66.3. The number of aldehydes is 1. The van der Waals surface area contributed by atoms with Crippen LogP contribution in [0.25, 0.3) is 0 Å². The van der Waals surface area contributed by atoms with Crippen molar-refractivity contribution in [1.29, 1.82) is 0 Å². The van der Waals surface area contributed by atoms with Gasteiger partial charge in [0.05, 0.1) is 10.8 Å². The second-order valence-corrected chi connectivity index (χ2v) is 14.9. The number of hydrogen-bond acceptors (Lipinski definition) is 9. The van der Waals surface area contributed by atoms with Crippen molar-refractivity contribution in [1.82, 2.24) is 20.9 Å². The molecule has 0 saturated carbocycles. The third-order valence-corrected chi connectivity index (χ3v) is 11.2. The first-order valence-electron chi connectivity index (χ1n) is 14.8. The van der Waals surface area contributed by atoms with E-state index in [-0.39, 0.29) is 48.1 Å². The molecule has 3 fully saturated rings. The second kappa shape index (κ2) is 14.3. The van der Waals surface area contributed by atoms with Crippen molar-refractivity contribution in [2.45, 2.75) is 74.7 Å². The molecule has 2 unspecified atom stereocenters. The van der Waals surface area contributed by atoms with E-state index in [0.29, 0.717) is 38.1 Å². The van der Waals surface area contributed by atoms with Gasteiger partial charge in [0.1, 0.15) is 24.1 Å². The fourth-order valence-electron chi connectivity index (χ4n) is 6.10. The predicted octanol–water partition coefficient (Wildman–Crippen LogP) is 1.74. The number of carboxylic acid groups (broad SMARTS) is 1. The molecule has 1 aromatic carbocycles. The topological polar surface area (TPSA) is 165 Å². The first-order valence-corrected chi connectivity index (χ1v) is 16.9. The smallest absolute Gasteiger partial charge is 0.327 e. The Balaban J connectivity index is 1.54. The Kier molecular flexibility index (Phi) is 11.0. The highest BCUT2D eigenvalue weighted by atomic mass is 32.2. The van der Waals surface area contributed by atoms with Crippen LogP contribution >= 0.6 is 23.5 Å². The minimum Gasteiger partial charge on any atom is -0.508 e. The number of rotatable bonds is 7. The van der Waals surface area contributed by atoms with Crippen LogP contribution in [-0.4, -0.2) is 105 Å². The van der Waals surface area contributed by atoms with Crippen molar-refractivity contribution in [3.8, 4) is 5.75 Å². The predicted molar refractivity (Wildman–Crippen MR) is 166 cm³/mol. The highest BCUT2D eigenvalue weighted by Gasteiger charge is 2.45. The molecular weight excluding hydrogens is 592 g/mol. The second-order valence-electron chi connectivity index (χ2n) is 12.3. The lowest BCUT2D eigenvalue weighted by Gasteiger charge is -2.33. The zero-order valence-electron chi connectivity index (χ0n) is 24.7. The van der Waals surface area contributed by atoms with Gasteiger partial charge in [0.25, 0.3) is 0 Å². The average molecular weight is 635 g/mol. The van der Waals surface area contributed by atoms with E-state index in [0.717, 1.165) is 24.0 Å². The molecule has 0 aliphatic carbocycles. The van der Waals surface area contributed by atoms with E-state index in [4.69, 9.17) is 0 Å². The molecule has 0 radical (unpaired) electrons. The summed E-state index contributed by atoms with van der Waals surface area (Å²) in [5.74, 6) is -0.837. The summed E-state index contributed by atoms with van der Waals surface area (Å²) in [6.07, 6.45) is 3.62. The van der Waals surface area contributed by atoms with Crippen LogP contribution in [0.2, 0.25) is 0 Å². The maximum Gasteiger partial charge on any atom is 0.327 e. The molecule has 5 atom stereocenters. The monoisotopic (exact) mass is 634 g/mol. The molecule has 11 nitrogen and oxygen atoms in total. The van der Waals surface area contributed by atoms with Gasteiger partial charge in [-0.15, -0.1) is 11.8 Å². The number of carbonyl (C=O) groups is 5. The minimum absolute atomic E-state index is 0.125. The van der Waals surface area contributed by atoms with Gasteiger partial charge < -0.3 is 31.0 Å². The zero-order valence-corrected chi connectivity index (χ0v) is 26.3. The number of amides is 3. The molecule has 43 heavy (non-hydrogen) atoms. The summed E-state index contributed by atoms with van der Waals surface area (Å²) in [5, 5.41) is 28.2. The van der Waals surface area contributed by atoms with Crippen molar-refractivity contribution in [2.75, 3.05) is 36.9 Å². The minimum atomic E-state index is -1.10. The Bertz CT molecular complexity index is 1190. The molecule has 3 saturated heterocycles. The fraction of sp³-hybridized carbons (Fsp3) is 0.633. The molecule has 3 aliphatic rings. The van der Waals surface area contributed by atoms with E-state index in [2.05, 4.69) is 16.0 Å². The van der Waals surface area contributed by atoms with Gasteiger partial charge in [-0.05, 0) is 67.9 Å². The quantitative estimate of drug-likeness (QED) is 0.279. The van der Waals surface area contributed by atoms with Crippen LogP contribution < -0.4 is 16.0 Å². The molecule has 236 valence electrons. The number of carbonyl (C=O) groups excluding carboxylic acids is 4. The fourth-order valence-corrected chi connectivity index (χ4v) is 8.54. The van der Waals surface area contributed by atoms with Crippen LogP contribution in [-0.2, 0) is 24.0 Å². The number of likely N-dealkylation sites (tertiary alicyclic amines) is 1. The lowest BCUT2D eigenvalue weighted by molar-refractivity contribution is -0.141. The number of phenolic OH excluding ortho intramolecular Hbond substituents is 1. The summed E-state index contributed by atoms with van der Waals surface area (Å²) in [7, 11) is 0. The van der Waals surface area contributed by atoms with E-state index in [1.165, 1.54) is 23.5 Å². The van der Waals surface area contributed by atoms with Crippen LogP contribution in [0.1, 0.15) is 57.4 Å². The van der Waals surface area contributed by atoms with E-state index in [9.17, 15) is 34.2 Å². The van der Waals surface area contributed by atoms with Crippen molar-refractivity contribution in [2.24, 2.45) is 5.41 Å². The highest BCUT2D eigenvalue weighted by molar-refractivity contribution is 8.01. The molecular formula is C30H42N4O7S2. The van der Waals surface area contributed by atoms with E-state index in [1.807, 2.05) is 18.7 Å². The Hall–Kier alpha value is -2.77. The van der Waals surface area contributed by atoms with E-state index < -0.39 is 34.3 Å². The largest absolute Gasteiger partial charge is 0.508 e. The SMILES string of the molecule is CC(C)(C=O)CN1CC[C@@H](c2ccc(O)cc2)C1C(=O)N[C@@H]1CCSC[C@@H](C(=O)O)NC(=O)C2(CCCS2)CCNC1=O. The normalized spacial score (nSPS) is 29.5. The third kappa shape index (κ3) is 8.24. The van der Waals surface area contributed by atoms with Gasteiger partial charge in [-0.3, -0.25) is 19.3 Å². The molecule has 0 aromatic heterocycles. The lowest BCUT2D eigenvalue weighted by atomic mass is 9.89. The standard InChI is InChI=1S/C30H42N4O7S2/c1-29(2,18-35)17-34-13-8-21(19-4-6-20(36)7-5-19)24(34)26(38)32-22-9-15-42-16-23(27(39)40)33-28(41)30(10-3-14-43-30)11-12-31-25(22)37/h4-7,18,21-24,36H,3,8-17H2,1-2H3,(H,31,37)(H,32,38)(H,33,41)(H,39,40)/t21-,22+,23-,24?,30?/m0/s1. The molecule has 3 heterocycles. The number of benzene rings is 1. The van der Waals surface area contributed by atoms with E-state index in [1.54, 1.807) is 24.3 Å². The summed E-state index contributed by atoms with van der Waals surface area (Å²) in [6, 6.07) is 4.22. The number of thioether (sulfide) groups is 2. The van der Waals surface area contributed by atoms with Gasteiger partial charge in [0.15, 0.2) is 0 Å². The first-order chi connectivity index (χ1) is 20.4. The summed E-state index contributed by atoms with van der Waals surface area (Å²) in [6.45, 7) is 4.82. The van der Waals surface area contributed by atoms with Gasteiger partial charge in [-0.2, -0.15) is 11.8 Å². The summed E-state index contributed by atoms with van der Waals surface area (Å²) >= 11 is 2.81. The maximum absolute atomic E-state index is 14.0. The molecule has 3 amide bonds. The van der Waals surface area contributed by atoms with Crippen molar-refractivity contribution < 1.29 is 34.2 Å². The molecule has 13 heteroatoms. The number of aliphatic carboxylic acids is 1. The van der Waals surface area contributed by atoms with Crippen LogP contribution in [0.15, 0.2) is 24.3 Å².